The second-order valence-electron chi connectivity index (χ2n) is 9.28. The third-order valence-electron chi connectivity index (χ3n) is 6.87. The van der Waals surface area contributed by atoms with Gasteiger partial charge in [0.1, 0.15) is 6.04 Å². The second kappa shape index (κ2) is 8.63. The van der Waals surface area contributed by atoms with Crippen molar-refractivity contribution in [2.75, 3.05) is 18.4 Å². The van der Waals surface area contributed by atoms with Crippen molar-refractivity contribution < 1.29 is 19.6 Å². The van der Waals surface area contributed by atoms with Gasteiger partial charge in [0, 0.05) is 11.9 Å². The lowest BCUT2D eigenvalue weighted by Crippen LogP contribution is -2.48. The van der Waals surface area contributed by atoms with Gasteiger partial charge >= 0.3 is 0 Å². The van der Waals surface area contributed by atoms with E-state index in [9.17, 15) is 19.6 Å². The lowest BCUT2D eigenvalue weighted by atomic mass is 9.91. The molecule has 0 unspecified atom stereocenters. The number of carbonyl (C=O) groups excluding carboxylic acids is 3. The Morgan fingerprint density at radius 3 is 2.77 bits per heavy atom. The van der Waals surface area contributed by atoms with Crippen LogP contribution < -0.4 is 5.32 Å². The largest absolute Gasteiger partial charge is 0.330 e. The van der Waals surface area contributed by atoms with Crippen molar-refractivity contribution in [3.05, 3.63) is 11.1 Å². The van der Waals surface area contributed by atoms with Crippen LogP contribution in [0, 0.1) is 24.2 Å². The molecule has 1 spiro atoms. The first-order valence-corrected chi connectivity index (χ1v) is 11.7. The van der Waals surface area contributed by atoms with Crippen molar-refractivity contribution in [2.45, 2.75) is 64.3 Å². The number of nitrogens with zero attached hydrogens (tertiary/aromatic N) is 3. The molecule has 3 aliphatic rings. The molecule has 0 aromatic carbocycles. The highest BCUT2D eigenvalue weighted by Crippen LogP contribution is 2.55. The fourth-order valence-corrected chi connectivity index (χ4v) is 5.76. The van der Waals surface area contributed by atoms with E-state index in [1.165, 1.54) is 11.3 Å². The Morgan fingerprint density at radius 2 is 2.17 bits per heavy atom. The number of carbonyl (C=O) groups is 3. The van der Waals surface area contributed by atoms with Gasteiger partial charge in [-0.05, 0) is 43.9 Å². The highest BCUT2D eigenvalue weighted by atomic mass is 32.1. The Balaban J connectivity index is 1.50. The number of hydroxylamine groups is 2. The van der Waals surface area contributed by atoms with Crippen molar-refractivity contribution >= 4 is 34.7 Å². The SMILES string of the molecule is Cc1csc(NC(=O)[C@@H]2CC3(CC3)CN2C(=O)[C@H](CC2CCCC2)CN(O)C=O)n1. The molecule has 2 N–H and O–H groups in total. The number of aryl methyl sites for hydroxylation is 1. The monoisotopic (exact) mass is 434 g/mol. The van der Waals surface area contributed by atoms with E-state index in [0.29, 0.717) is 41.9 Å². The lowest BCUT2D eigenvalue weighted by Gasteiger charge is -2.30. The molecule has 1 saturated heterocycles. The van der Waals surface area contributed by atoms with Crippen LogP contribution in [0.15, 0.2) is 5.38 Å². The molecule has 2 aliphatic carbocycles. The zero-order valence-electron chi connectivity index (χ0n) is 17.4. The lowest BCUT2D eigenvalue weighted by molar-refractivity contribution is -0.158. The van der Waals surface area contributed by atoms with Crippen molar-refractivity contribution in [1.29, 1.82) is 0 Å². The first-order chi connectivity index (χ1) is 14.4. The molecule has 0 bridgehead atoms. The number of hydrogen-bond acceptors (Lipinski definition) is 6. The second-order valence-corrected chi connectivity index (χ2v) is 10.1. The number of nitrogens with one attached hydrogen (secondary N) is 1. The molecule has 1 aromatic rings. The molecule has 2 atom stereocenters. The van der Waals surface area contributed by atoms with Gasteiger partial charge in [0.05, 0.1) is 18.2 Å². The molecule has 9 heteroatoms. The van der Waals surface area contributed by atoms with E-state index in [0.717, 1.165) is 44.2 Å². The highest BCUT2D eigenvalue weighted by molar-refractivity contribution is 7.13. The quantitative estimate of drug-likeness (QED) is 0.372. The van der Waals surface area contributed by atoms with E-state index in [2.05, 4.69) is 10.3 Å². The molecule has 3 fully saturated rings. The zero-order valence-corrected chi connectivity index (χ0v) is 18.2. The Morgan fingerprint density at radius 1 is 1.43 bits per heavy atom. The number of rotatable bonds is 8. The van der Waals surface area contributed by atoms with Gasteiger partial charge in [-0.3, -0.25) is 19.6 Å². The molecule has 3 amide bonds. The summed E-state index contributed by atoms with van der Waals surface area (Å²) in [7, 11) is 0. The number of likely N-dealkylation sites (tertiary alicyclic amines) is 1. The number of aromatic nitrogens is 1. The Hall–Kier alpha value is -2.00. The first-order valence-electron chi connectivity index (χ1n) is 10.8. The van der Waals surface area contributed by atoms with Crippen molar-refractivity contribution in [3.63, 3.8) is 0 Å². The zero-order chi connectivity index (χ0) is 21.3. The molecule has 1 aliphatic heterocycles. The number of thiazole rings is 1. The maximum Gasteiger partial charge on any atom is 0.248 e. The molecule has 0 radical (unpaired) electrons. The summed E-state index contributed by atoms with van der Waals surface area (Å²) >= 11 is 1.38. The van der Waals surface area contributed by atoms with Crippen LogP contribution in [0.4, 0.5) is 5.13 Å². The number of amides is 3. The predicted molar refractivity (Wildman–Crippen MR) is 112 cm³/mol. The topological polar surface area (TPSA) is 103 Å². The minimum atomic E-state index is -0.529. The van der Waals surface area contributed by atoms with Crippen molar-refractivity contribution in [1.82, 2.24) is 14.9 Å². The normalized spacial score (nSPS) is 23.5. The van der Waals surface area contributed by atoms with Gasteiger partial charge < -0.3 is 10.2 Å². The minimum absolute atomic E-state index is 0.0254. The van der Waals surface area contributed by atoms with Gasteiger partial charge in [-0.1, -0.05) is 25.7 Å². The van der Waals surface area contributed by atoms with Crippen LogP contribution in [0.1, 0.15) is 57.1 Å². The molecule has 1 aromatic heterocycles. The van der Waals surface area contributed by atoms with Crippen LogP contribution in [0.2, 0.25) is 0 Å². The van der Waals surface area contributed by atoms with Crippen LogP contribution in [0.5, 0.6) is 0 Å². The van der Waals surface area contributed by atoms with Gasteiger partial charge in [-0.15, -0.1) is 11.3 Å². The summed E-state index contributed by atoms with van der Waals surface area (Å²) in [6.07, 6.45) is 8.20. The van der Waals surface area contributed by atoms with Gasteiger partial charge in [0.25, 0.3) is 0 Å². The van der Waals surface area contributed by atoms with Gasteiger partial charge in [0.2, 0.25) is 18.2 Å². The van der Waals surface area contributed by atoms with Crippen LogP contribution in [0.3, 0.4) is 0 Å². The predicted octanol–water partition coefficient (Wildman–Crippen LogP) is 2.82. The number of anilines is 1. The van der Waals surface area contributed by atoms with E-state index in [1.54, 1.807) is 4.90 Å². The van der Waals surface area contributed by atoms with Crippen molar-refractivity contribution in [3.8, 4) is 0 Å². The molecule has 2 heterocycles. The maximum atomic E-state index is 13.6. The average molecular weight is 435 g/mol. The molecule has 4 rings (SSSR count). The minimum Gasteiger partial charge on any atom is -0.330 e. The first kappa shape index (κ1) is 21.2. The van der Waals surface area contributed by atoms with Crippen LogP contribution in [0.25, 0.3) is 0 Å². The van der Waals surface area contributed by atoms with E-state index < -0.39 is 12.0 Å². The Kier molecular flexibility index (Phi) is 6.11. The van der Waals surface area contributed by atoms with Gasteiger partial charge in [0.15, 0.2) is 5.13 Å². The summed E-state index contributed by atoms with van der Waals surface area (Å²) in [6, 6.07) is -0.529. The van der Waals surface area contributed by atoms with Gasteiger partial charge in [-0.25, -0.2) is 10.0 Å². The van der Waals surface area contributed by atoms with E-state index in [-0.39, 0.29) is 23.8 Å². The summed E-state index contributed by atoms with van der Waals surface area (Å²) < 4.78 is 0. The Labute approximate surface area is 180 Å². The highest BCUT2D eigenvalue weighted by Gasteiger charge is 2.55. The third-order valence-corrected chi connectivity index (χ3v) is 7.75. The molecular formula is C21H30N4O4S. The summed E-state index contributed by atoms with van der Waals surface area (Å²) in [4.78, 5) is 43.6. The summed E-state index contributed by atoms with van der Waals surface area (Å²) in [5.74, 6) is -0.379. The fraction of sp³-hybridized carbons (Fsp3) is 0.714. The third kappa shape index (κ3) is 4.67. The molecular weight excluding hydrogens is 404 g/mol. The van der Waals surface area contributed by atoms with Crippen molar-refractivity contribution in [2.24, 2.45) is 17.3 Å². The summed E-state index contributed by atoms with van der Waals surface area (Å²) in [6.45, 7) is 2.43. The molecule has 30 heavy (non-hydrogen) atoms. The fourth-order valence-electron chi connectivity index (χ4n) is 5.07. The smallest absolute Gasteiger partial charge is 0.248 e. The average Bonchev–Trinajstić information content (AvgIpc) is 3.08. The molecule has 8 nitrogen and oxygen atoms in total. The van der Waals surface area contributed by atoms with E-state index in [1.807, 2.05) is 12.3 Å². The van der Waals surface area contributed by atoms with Gasteiger partial charge in [-0.2, -0.15) is 0 Å². The summed E-state index contributed by atoms with van der Waals surface area (Å²) in [5, 5.41) is 15.7. The maximum absolute atomic E-state index is 13.6. The van der Waals surface area contributed by atoms with E-state index >= 15 is 0 Å². The number of hydrogen-bond donors (Lipinski definition) is 2. The molecule has 164 valence electrons. The van der Waals surface area contributed by atoms with Crippen LogP contribution in [-0.2, 0) is 14.4 Å². The standard InChI is InChI=1S/C21H30N4O4S/c1-14-11-30-20(22-14)23-18(27)17-9-21(6-7-21)12-25(17)19(28)16(10-24(29)13-26)8-15-4-2-3-5-15/h11,13,15-17,29H,2-10,12H2,1H3,(H,22,23,27)/t16-,17+/m1/s1. The van der Waals surface area contributed by atoms with Crippen LogP contribution in [-0.4, -0.2) is 57.5 Å². The van der Waals surface area contributed by atoms with E-state index in [4.69, 9.17) is 0 Å². The molecule has 2 saturated carbocycles. The Bertz CT molecular complexity index is 803. The van der Waals surface area contributed by atoms with Crippen LogP contribution >= 0.6 is 11.3 Å². The summed E-state index contributed by atoms with van der Waals surface area (Å²) in [5.41, 5.74) is 0.902.